The molecule has 224 valence electrons. The van der Waals surface area contributed by atoms with Crippen molar-refractivity contribution in [1.82, 2.24) is 9.55 Å². The Balaban J connectivity index is 1.30. The Bertz CT molecular complexity index is 2810. The molecule has 0 spiro atoms. The van der Waals surface area contributed by atoms with Crippen LogP contribution in [0.3, 0.4) is 0 Å². The SMILES string of the molecule is c1ccc(-c2ccc3c(c2)c2c4oc5c(-c6nc(-c7ccccc7)cc7ccccc67)cccc5c4ccc2n3-c2ccccc2)cc1. The lowest BCUT2D eigenvalue weighted by Gasteiger charge is -2.10. The minimum atomic E-state index is 0.850. The third kappa shape index (κ3) is 4.04. The highest BCUT2D eigenvalue weighted by atomic mass is 16.3. The van der Waals surface area contributed by atoms with Crippen LogP contribution in [0.15, 0.2) is 174 Å². The predicted molar refractivity (Wildman–Crippen MR) is 200 cm³/mol. The van der Waals surface area contributed by atoms with Crippen LogP contribution in [-0.4, -0.2) is 9.55 Å². The smallest absolute Gasteiger partial charge is 0.145 e. The van der Waals surface area contributed by atoms with Crippen LogP contribution >= 0.6 is 0 Å². The molecule has 0 N–H and O–H groups in total. The molecule has 0 radical (unpaired) electrons. The second-order valence-electron chi connectivity index (χ2n) is 12.3. The molecular weight excluding hydrogens is 585 g/mol. The fraction of sp³-hybridized carbons (Fsp3) is 0. The first kappa shape index (κ1) is 26.7. The van der Waals surface area contributed by atoms with E-state index in [1.165, 1.54) is 11.1 Å². The summed E-state index contributed by atoms with van der Waals surface area (Å²) in [7, 11) is 0. The number of aromatic nitrogens is 2. The molecule has 0 saturated heterocycles. The summed E-state index contributed by atoms with van der Waals surface area (Å²) in [6.45, 7) is 0. The van der Waals surface area contributed by atoms with E-state index in [0.29, 0.717) is 0 Å². The summed E-state index contributed by atoms with van der Waals surface area (Å²) in [4.78, 5) is 5.30. The molecule has 10 rings (SSSR count). The Morgan fingerprint density at radius 2 is 1.10 bits per heavy atom. The molecule has 0 aliphatic heterocycles. The maximum atomic E-state index is 7.10. The van der Waals surface area contributed by atoms with Gasteiger partial charge in [0.25, 0.3) is 0 Å². The number of hydrogen-bond donors (Lipinski definition) is 0. The van der Waals surface area contributed by atoms with Gasteiger partial charge in [-0.3, -0.25) is 0 Å². The number of pyridine rings is 1. The number of fused-ring (bicyclic) bond motifs is 8. The highest BCUT2D eigenvalue weighted by Gasteiger charge is 2.22. The summed E-state index contributed by atoms with van der Waals surface area (Å²) in [6.07, 6.45) is 0. The zero-order valence-corrected chi connectivity index (χ0v) is 26.0. The van der Waals surface area contributed by atoms with E-state index in [2.05, 4.69) is 168 Å². The third-order valence-corrected chi connectivity index (χ3v) is 9.58. The van der Waals surface area contributed by atoms with Crippen molar-refractivity contribution in [3.05, 3.63) is 170 Å². The topological polar surface area (TPSA) is 31.0 Å². The van der Waals surface area contributed by atoms with Gasteiger partial charge in [0, 0.05) is 38.4 Å². The monoisotopic (exact) mass is 612 g/mol. The van der Waals surface area contributed by atoms with Crippen LogP contribution in [-0.2, 0) is 0 Å². The van der Waals surface area contributed by atoms with Crippen LogP contribution in [0.1, 0.15) is 0 Å². The first-order valence-corrected chi connectivity index (χ1v) is 16.3. The van der Waals surface area contributed by atoms with Crippen molar-refractivity contribution >= 4 is 54.5 Å². The van der Waals surface area contributed by atoms with E-state index in [4.69, 9.17) is 9.40 Å². The first-order valence-electron chi connectivity index (χ1n) is 16.3. The molecule has 0 amide bonds. The third-order valence-electron chi connectivity index (χ3n) is 9.58. The van der Waals surface area contributed by atoms with E-state index < -0.39 is 0 Å². The number of benzene rings is 7. The lowest BCUT2D eigenvalue weighted by Crippen LogP contribution is -1.92. The molecule has 3 heterocycles. The lowest BCUT2D eigenvalue weighted by atomic mass is 9.99. The van der Waals surface area contributed by atoms with Gasteiger partial charge in [0.1, 0.15) is 11.2 Å². The first-order chi connectivity index (χ1) is 23.8. The molecule has 0 aliphatic carbocycles. The Hall–Kier alpha value is -6.45. The largest absolute Gasteiger partial charge is 0.455 e. The zero-order valence-electron chi connectivity index (χ0n) is 26.0. The van der Waals surface area contributed by atoms with E-state index in [1.807, 2.05) is 6.07 Å². The molecular formula is C45H28N2O. The van der Waals surface area contributed by atoms with Crippen LogP contribution in [0.4, 0.5) is 0 Å². The van der Waals surface area contributed by atoms with Crippen molar-refractivity contribution in [1.29, 1.82) is 0 Å². The summed E-state index contributed by atoms with van der Waals surface area (Å²) >= 11 is 0. The van der Waals surface area contributed by atoms with Gasteiger partial charge >= 0.3 is 0 Å². The summed E-state index contributed by atoms with van der Waals surface area (Å²) < 4.78 is 9.45. The van der Waals surface area contributed by atoms with Crippen molar-refractivity contribution in [3.63, 3.8) is 0 Å². The molecule has 0 saturated carbocycles. The van der Waals surface area contributed by atoms with Gasteiger partial charge in [-0.2, -0.15) is 0 Å². The van der Waals surface area contributed by atoms with Crippen LogP contribution in [0, 0.1) is 0 Å². The lowest BCUT2D eigenvalue weighted by molar-refractivity contribution is 0.674. The quantitative estimate of drug-likeness (QED) is 0.198. The van der Waals surface area contributed by atoms with Gasteiger partial charge in [0.05, 0.1) is 27.8 Å². The second kappa shape index (κ2) is 10.5. The summed E-state index contributed by atoms with van der Waals surface area (Å²) in [6, 6.07) is 59.9. The molecule has 0 unspecified atom stereocenters. The van der Waals surface area contributed by atoms with E-state index in [1.54, 1.807) is 0 Å². The van der Waals surface area contributed by atoms with E-state index >= 15 is 0 Å². The van der Waals surface area contributed by atoms with Crippen molar-refractivity contribution < 1.29 is 4.42 Å². The summed E-state index contributed by atoms with van der Waals surface area (Å²) in [5.74, 6) is 0. The molecule has 48 heavy (non-hydrogen) atoms. The normalized spacial score (nSPS) is 11.8. The number of nitrogens with zero attached hydrogens (tertiary/aromatic N) is 2. The number of rotatable bonds is 4. The van der Waals surface area contributed by atoms with Gasteiger partial charge < -0.3 is 8.98 Å². The van der Waals surface area contributed by atoms with E-state index in [-0.39, 0.29) is 0 Å². The van der Waals surface area contributed by atoms with E-state index in [0.717, 1.165) is 82.7 Å². The Morgan fingerprint density at radius 3 is 1.92 bits per heavy atom. The number of para-hydroxylation sites is 2. The molecule has 3 nitrogen and oxygen atoms in total. The molecule has 0 atom stereocenters. The maximum absolute atomic E-state index is 7.10. The van der Waals surface area contributed by atoms with E-state index in [9.17, 15) is 0 Å². The Morgan fingerprint density at radius 1 is 0.438 bits per heavy atom. The molecule has 10 aromatic rings. The maximum Gasteiger partial charge on any atom is 0.145 e. The van der Waals surface area contributed by atoms with Crippen LogP contribution in [0.2, 0.25) is 0 Å². The molecule has 0 aliphatic rings. The van der Waals surface area contributed by atoms with Crippen LogP contribution in [0.5, 0.6) is 0 Å². The standard InChI is InChI=1S/C45H28N2O/c1-4-13-29(14-5-1)31-23-25-40-38(27-31)42-41(47(40)33-18-8-3-9-19-33)26-24-36-35-21-12-22-37(44(35)48-45(36)42)43-34-20-11-10-17-32(34)28-39(46-43)30-15-6-2-7-16-30/h1-28H. The molecule has 3 aromatic heterocycles. The van der Waals surface area contributed by atoms with Gasteiger partial charge in [-0.25, -0.2) is 4.98 Å². The fourth-order valence-electron chi connectivity index (χ4n) is 7.37. The van der Waals surface area contributed by atoms with Crippen molar-refractivity contribution in [2.45, 2.75) is 0 Å². The minimum absolute atomic E-state index is 0.850. The zero-order chi connectivity index (χ0) is 31.6. The average Bonchev–Trinajstić information content (AvgIpc) is 3.71. The molecule has 3 heteroatoms. The number of furan rings is 1. The number of hydrogen-bond acceptors (Lipinski definition) is 2. The fourth-order valence-corrected chi connectivity index (χ4v) is 7.37. The Labute approximate surface area is 277 Å². The van der Waals surface area contributed by atoms with Gasteiger partial charge in [-0.05, 0) is 65.0 Å². The summed E-state index contributed by atoms with van der Waals surface area (Å²) in [5.41, 5.74) is 11.4. The van der Waals surface area contributed by atoms with Crippen molar-refractivity contribution in [2.75, 3.05) is 0 Å². The van der Waals surface area contributed by atoms with Gasteiger partial charge in [0.15, 0.2) is 0 Å². The van der Waals surface area contributed by atoms with Crippen LogP contribution in [0.25, 0.3) is 93.8 Å². The molecule has 0 bridgehead atoms. The van der Waals surface area contributed by atoms with Gasteiger partial charge in [-0.1, -0.05) is 121 Å². The van der Waals surface area contributed by atoms with Gasteiger partial charge in [-0.15, -0.1) is 0 Å². The highest BCUT2D eigenvalue weighted by Crippen LogP contribution is 2.44. The average molecular weight is 613 g/mol. The Kier molecular flexibility index (Phi) is 5.87. The van der Waals surface area contributed by atoms with Crippen LogP contribution < -0.4 is 0 Å². The van der Waals surface area contributed by atoms with Crippen molar-refractivity contribution in [3.8, 4) is 39.3 Å². The van der Waals surface area contributed by atoms with Gasteiger partial charge in [0.2, 0.25) is 0 Å². The highest BCUT2D eigenvalue weighted by molar-refractivity contribution is 6.25. The molecule has 0 fully saturated rings. The van der Waals surface area contributed by atoms with Crippen molar-refractivity contribution in [2.24, 2.45) is 0 Å². The predicted octanol–water partition coefficient (Wildman–Crippen LogP) is 12.2. The molecule has 7 aromatic carbocycles. The minimum Gasteiger partial charge on any atom is -0.455 e. The second-order valence-corrected chi connectivity index (χ2v) is 12.3. The summed E-state index contributed by atoms with van der Waals surface area (Å²) in [5, 5.41) is 6.71.